The molecular weight excluding hydrogens is 388 g/mol. The van der Waals surface area contributed by atoms with E-state index in [1.165, 1.54) is 0 Å². The first-order chi connectivity index (χ1) is 12.9. The van der Waals surface area contributed by atoms with Gasteiger partial charge in [0.05, 0.1) is 4.91 Å². The average molecular weight is 403 g/mol. The molecule has 1 heterocycles. The van der Waals surface area contributed by atoms with Gasteiger partial charge in [-0.15, -0.1) is 0 Å². The summed E-state index contributed by atoms with van der Waals surface area (Å²) in [6.07, 6.45) is 1.59. The lowest BCUT2D eigenvalue weighted by Gasteiger charge is -2.08. The van der Waals surface area contributed by atoms with E-state index in [4.69, 9.17) is 22.1 Å². The van der Waals surface area contributed by atoms with Crippen LogP contribution in [0.1, 0.15) is 11.1 Å². The van der Waals surface area contributed by atoms with Crippen LogP contribution in [0.4, 0.5) is 4.79 Å². The topological polar surface area (TPSA) is 89.7 Å². The molecule has 0 atom stereocenters. The Kier molecular flexibility index (Phi) is 5.83. The second-order valence-electron chi connectivity index (χ2n) is 5.72. The number of imide groups is 1. The number of carbonyl (C=O) groups excluding carboxylic acids is 3. The van der Waals surface area contributed by atoms with Gasteiger partial charge in [-0.1, -0.05) is 35.9 Å². The molecule has 8 heteroatoms. The number of thioether (sulfide) groups is 1. The molecule has 1 aliphatic heterocycles. The molecule has 1 aliphatic rings. The monoisotopic (exact) mass is 402 g/mol. The molecule has 0 unspecified atom stereocenters. The van der Waals surface area contributed by atoms with Crippen LogP contribution in [-0.4, -0.2) is 28.5 Å². The molecule has 2 aromatic rings. The third-order valence-electron chi connectivity index (χ3n) is 3.68. The van der Waals surface area contributed by atoms with E-state index < -0.39 is 23.6 Å². The molecule has 0 bridgehead atoms. The van der Waals surface area contributed by atoms with E-state index in [2.05, 4.69) is 0 Å². The van der Waals surface area contributed by atoms with E-state index in [0.29, 0.717) is 17.4 Å². The first-order valence-corrected chi connectivity index (χ1v) is 9.13. The van der Waals surface area contributed by atoms with Gasteiger partial charge in [0.25, 0.3) is 11.1 Å². The Balaban J connectivity index is 1.64. The Bertz CT molecular complexity index is 910. The van der Waals surface area contributed by atoms with Crippen molar-refractivity contribution < 1.29 is 19.1 Å². The minimum absolute atomic E-state index is 0.246. The summed E-state index contributed by atoms with van der Waals surface area (Å²) in [6, 6.07) is 14.5. The van der Waals surface area contributed by atoms with Gasteiger partial charge < -0.3 is 10.5 Å². The van der Waals surface area contributed by atoms with Crippen LogP contribution in [0.25, 0.3) is 6.08 Å². The maximum absolute atomic E-state index is 12.2. The van der Waals surface area contributed by atoms with Gasteiger partial charge in [0.1, 0.15) is 18.9 Å². The lowest BCUT2D eigenvalue weighted by molar-refractivity contribution is -0.127. The smallest absolute Gasteiger partial charge is 0.294 e. The van der Waals surface area contributed by atoms with Crippen LogP contribution in [0.2, 0.25) is 5.02 Å². The Hall–Kier alpha value is -2.77. The van der Waals surface area contributed by atoms with E-state index >= 15 is 0 Å². The molecule has 0 aliphatic carbocycles. The number of primary amides is 1. The predicted octanol–water partition coefficient (Wildman–Crippen LogP) is 3.44. The van der Waals surface area contributed by atoms with Gasteiger partial charge in [-0.25, -0.2) is 0 Å². The minimum atomic E-state index is -0.735. The normalized spacial score (nSPS) is 15.4. The highest BCUT2D eigenvalue weighted by Gasteiger charge is 2.35. The zero-order chi connectivity index (χ0) is 19.4. The van der Waals surface area contributed by atoms with Crippen molar-refractivity contribution in [2.75, 3.05) is 6.54 Å². The van der Waals surface area contributed by atoms with E-state index in [0.717, 1.165) is 27.8 Å². The SMILES string of the molecule is NC(=O)CN1C(=O)S/C(=C\c2ccc(OCc3ccc(Cl)cc3)cc2)C1=O. The molecule has 3 rings (SSSR count). The quantitative estimate of drug-likeness (QED) is 0.747. The molecule has 3 amide bonds. The fourth-order valence-electron chi connectivity index (χ4n) is 2.35. The van der Waals surface area contributed by atoms with Crippen molar-refractivity contribution in [3.05, 3.63) is 69.6 Å². The number of halogens is 1. The highest BCUT2D eigenvalue weighted by molar-refractivity contribution is 8.18. The average Bonchev–Trinajstić information content (AvgIpc) is 2.89. The fourth-order valence-corrected chi connectivity index (χ4v) is 3.32. The van der Waals surface area contributed by atoms with Gasteiger partial charge in [-0.3, -0.25) is 19.3 Å². The summed E-state index contributed by atoms with van der Waals surface area (Å²) >= 11 is 6.63. The van der Waals surface area contributed by atoms with Crippen molar-refractivity contribution in [3.63, 3.8) is 0 Å². The van der Waals surface area contributed by atoms with Crippen LogP contribution in [0.15, 0.2) is 53.4 Å². The summed E-state index contributed by atoms with van der Waals surface area (Å²) in [7, 11) is 0. The molecular formula is C19H15ClN2O4S. The highest BCUT2D eigenvalue weighted by Crippen LogP contribution is 2.32. The third kappa shape index (κ3) is 4.90. The van der Waals surface area contributed by atoms with Crippen molar-refractivity contribution in [1.82, 2.24) is 4.90 Å². The number of nitrogens with zero attached hydrogens (tertiary/aromatic N) is 1. The summed E-state index contributed by atoms with van der Waals surface area (Å²) in [5.74, 6) is -0.587. The predicted molar refractivity (Wildman–Crippen MR) is 104 cm³/mol. The zero-order valence-electron chi connectivity index (χ0n) is 14.1. The molecule has 1 saturated heterocycles. The van der Waals surface area contributed by atoms with Crippen molar-refractivity contribution in [2.24, 2.45) is 5.73 Å². The van der Waals surface area contributed by atoms with Crippen LogP contribution < -0.4 is 10.5 Å². The van der Waals surface area contributed by atoms with Gasteiger partial charge in [-0.05, 0) is 53.2 Å². The molecule has 0 saturated carbocycles. The minimum Gasteiger partial charge on any atom is -0.489 e. The van der Waals surface area contributed by atoms with Gasteiger partial charge in [0, 0.05) is 5.02 Å². The van der Waals surface area contributed by atoms with Gasteiger partial charge >= 0.3 is 0 Å². The van der Waals surface area contributed by atoms with Crippen molar-refractivity contribution >= 4 is 46.5 Å². The number of hydrogen-bond acceptors (Lipinski definition) is 5. The van der Waals surface area contributed by atoms with E-state index in [1.54, 1.807) is 42.5 Å². The standard InChI is InChI=1S/C19H15ClN2O4S/c20-14-5-1-13(2-6-14)11-26-15-7-3-12(4-8-15)9-16-18(24)22(10-17(21)23)19(25)27-16/h1-9H,10-11H2,(H2,21,23)/b16-9-. The van der Waals surface area contributed by atoms with E-state index in [-0.39, 0.29) is 4.91 Å². The number of nitrogens with two attached hydrogens (primary N) is 1. The Morgan fingerprint density at radius 1 is 1.11 bits per heavy atom. The Morgan fingerprint density at radius 3 is 2.41 bits per heavy atom. The second-order valence-corrected chi connectivity index (χ2v) is 7.15. The van der Waals surface area contributed by atoms with Crippen molar-refractivity contribution in [3.8, 4) is 5.75 Å². The number of rotatable bonds is 6. The number of carbonyl (C=O) groups is 3. The van der Waals surface area contributed by atoms with E-state index in [1.807, 2.05) is 12.1 Å². The van der Waals surface area contributed by atoms with Crippen LogP contribution in [0.5, 0.6) is 5.75 Å². The zero-order valence-corrected chi connectivity index (χ0v) is 15.6. The third-order valence-corrected chi connectivity index (χ3v) is 4.84. The molecule has 1 fully saturated rings. The molecule has 2 N–H and O–H groups in total. The lowest BCUT2D eigenvalue weighted by atomic mass is 10.2. The van der Waals surface area contributed by atoms with Gasteiger partial charge in [0.15, 0.2) is 0 Å². The molecule has 138 valence electrons. The maximum Gasteiger partial charge on any atom is 0.294 e. The van der Waals surface area contributed by atoms with Crippen molar-refractivity contribution in [2.45, 2.75) is 6.61 Å². The van der Waals surface area contributed by atoms with Crippen LogP contribution in [0.3, 0.4) is 0 Å². The van der Waals surface area contributed by atoms with Gasteiger partial charge in [-0.2, -0.15) is 0 Å². The lowest BCUT2D eigenvalue weighted by Crippen LogP contribution is -2.36. The van der Waals surface area contributed by atoms with Crippen LogP contribution in [-0.2, 0) is 16.2 Å². The molecule has 0 radical (unpaired) electrons. The van der Waals surface area contributed by atoms with Gasteiger partial charge in [0.2, 0.25) is 5.91 Å². The Morgan fingerprint density at radius 2 is 1.78 bits per heavy atom. The number of ether oxygens (including phenoxy) is 1. The van der Waals surface area contributed by atoms with E-state index in [9.17, 15) is 14.4 Å². The van der Waals surface area contributed by atoms with Crippen LogP contribution in [0, 0.1) is 0 Å². The summed E-state index contributed by atoms with van der Waals surface area (Å²) in [4.78, 5) is 36.0. The number of hydrogen-bond donors (Lipinski definition) is 1. The molecule has 2 aromatic carbocycles. The van der Waals surface area contributed by atoms with Crippen molar-refractivity contribution in [1.29, 1.82) is 0 Å². The molecule has 0 aromatic heterocycles. The summed E-state index contributed by atoms with van der Waals surface area (Å²) in [6.45, 7) is -0.0119. The number of benzene rings is 2. The maximum atomic E-state index is 12.2. The number of amides is 3. The summed E-state index contributed by atoms with van der Waals surface area (Å²) < 4.78 is 5.71. The highest BCUT2D eigenvalue weighted by atomic mass is 35.5. The van der Waals surface area contributed by atoms with Crippen LogP contribution >= 0.6 is 23.4 Å². The second kappa shape index (κ2) is 8.28. The first-order valence-electron chi connectivity index (χ1n) is 7.93. The summed E-state index contributed by atoms with van der Waals surface area (Å²) in [5.41, 5.74) is 6.78. The first kappa shape index (κ1) is 19.0. The largest absolute Gasteiger partial charge is 0.489 e. The summed E-state index contributed by atoms with van der Waals surface area (Å²) in [5, 5.41) is 0.163. The fraction of sp³-hybridized carbons (Fsp3) is 0.105. The molecule has 6 nitrogen and oxygen atoms in total. The Labute approximate surface area is 164 Å². The molecule has 0 spiro atoms. The molecule has 27 heavy (non-hydrogen) atoms.